The third-order valence-electron chi connectivity index (χ3n) is 4.60. The van der Waals surface area contributed by atoms with Gasteiger partial charge in [0.1, 0.15) is 11.7 Å². The topological polar surface area (TPSA) is 69.7 Å². The predicted octanol–water partition coefficient (Wildman–Crippen LogP) is 3.48. The molecule has 25 heavy (non-hydrogen) atoms. The summed E-state index contributed by atoms with van der Waals surface area (Å²) in [4.78, 5) is 38.0. The zero-order valence-electron chi connectivity index (χ0n) is 15.1. The van der Waals surface area contributed by atoms with Gasteiger partial charge < -0.3 is 9.47 Å². The molecular formula is C20H24O5. The Morgan fingerprint density at radius 1 is 1.20 bits per heavy atom. The Hall–Kier alpha value is -2.43. The molecule has 0 bridgehead atoms. The largest absolute Gasteiger partial charge is 0.462 e. The van der Waals surface area contributed by atoms with Crippen LogP contribution in [-0.2, 0) is 19.1 Å². The minimum atomic E-state index is -0.822. The fraction of sp³-hybridized carbons (Fsp3) is 0.450. The van der Waals surface area contributed by atoms with E-state index in [9.17, 15) is 14.4 Å². The van der Waals surface area contributed by atoms with E-state index in [1.807, 2.05) is 6.92 Å². The molecule has 0 aromatic heterocycles. The molecule has 1 atom stereocenters. The van der Waals surface area contributed by atoms with Crippen LogP contribution in [0.5, 0.6) is 0 Å². The monoisotopic (exact) mass is 344 g/mol. The van der Waals surface area contributed by atoms with E-state index in [0.717, 1.165) is 12.8 Å². The standard InChI is InChI=1S/C20H24O5/c1-5-6-12-24-19(23)16-15(17(21)14-10-8-7-9-11-14)18(22)25-13(2)20(16,3)4/h7-11,13H,5-6,12H2,1-4H3. The predicted molar refractivity (Wildman–Crippen MR) is 93.0 cm³/mol. The summed E-state index contributed by atoms with van der Waals surface area (Å²) in [6.45, 7) is 7.51. The zero-order valence-corrected chi connectivity index (χ0v) is 15.1. The van der Waals surface area contributed by atoms with E-state index in [4.69, 9.17) is 9.47 Å². The second-order valence-electron chi connectivity index (χ2n) is 6.70. The molecule has 0 N–H and O–H groups in total. The van der Waals surface area contributed by atoms with Gasteiger partial charge >= 0.3 is 11.9 Å². The van der Waals surface area contributed by atoms with Crippen molar-refractivity contribution in [2.75, 3.05) is 6.61 Å². The molecule has 134 valence electrons. The van der Waals surface area contributed by atoms with Crippen LogP contribution in [0, 0.1) is 5.41 Å². The maximum atomic E-state index is 12.9. The molecular weight excluding hydrogens is 320 g/mol. The van der Waals surface area contributed by atoms with Crippen molar-refractivity contribution in [1.29, 1.82) is 0 Å². The summed E-state index contributed by atoms with van der Waals surface area (Å²) in [5, 5.41) is 0. The molecule has 0 amide bonds. The summed E-state index contributed by atoms with van der Waals surface area (Å²) in [5.74, 6) is -1.92. The highest BCUT2D eigenvalue weighted by Crippen LogP contribution is 2.40. The number of benzene rings is 1. The van der Waals surface area contributed by atoms with Crippen LogP contribution < -0.4 is 0 Å². The highest BCUT2D eigenvalue weighted by molar-refractivity contribution is 6.28. The molecule has 1 aromatic rings. The van der Waals surface area contributed by atoms with Crippen molar-refractivity contribution >= 4 is 17.7 Å². The maximum Gasteiger partial charge on any atom is 0.343 e. The number of ether oxygens (including phenoxy) is 2. The van der Waals surface area contributed by atoms with Crippen LogP contribution in [0.25, 0.3) is 0 Å². The molecule has 0 fully saturated rings. The Morgan fingerprint density at radius 2 is 1.84 bits per heavy atom. The molecule has 1 aromatic carbocycles. The van der Waals surface area contributed by atoms with Crippen molar-refractivity contribution < 1.29 is 23.9 Å². The second-order valence-corrected chi connectivity index (χ2v) is 6.70. The maximum absolute atomic E-state index is 12.9. The van der Waals surface area contributed by atoms with Crippen LogP contribution in [0.15, 0.2) is 41.5 Å². The van der Waals surface area contributed by atoms with Crippen LogP contribution in [0.1, 0.15) is 50.9 Å². The Bertz CT molecular complexity index is 700. The van der Waals surface area contributed by atoms with Crippen molar-refractivity contribution in [3.05, 3.63) is 47.0 Å². The van der Waals surface area contributed by atoms with Crippen molar-refractivity contribution in [2.45, 2.75) is 46.6 Å². The molecule has 0 saturated heterocycles. The van der Waals surface area contributed by atoms with Gasteiger partial charge in [0.15, 0.2) is 0 Å². The molecule has 5 nitrogen and oxygen atoms in total. The van der Waals surface area contributed by atoms with E-state index >= 15 is 0 Å². The Morgan fingerprint density at radius 3 is 2.44 bits per heavy atom. The van der Waals surface area contributed by atoms with E-state index in [1.165, 1.54) is 0 Å². The van der Waals surface area contributed by atoms with Crippen LogP contribution >= 0.6 is 0 Å². The highest BCUT2D eigenvalue weighted by Gasteiger charge is 2.47. The molecule has 1 unspecified atom stereocenters. The lowest BCUT2D eigenvalue weighted by Crippen LogP contribution is -2.44. The number of Topliss-reactive ketones (excluding diaryl/α,β-unsaturated/α-hetero) is 1. The number of carbonyl (C=O) groups excluding carboxylic acids is 3. The number of cyclic esters (lactones) is 1. The number of hydrogen-bond acceptors (Lipinski definition) is 5. The summed E-state index contributed by atoms with van der Waals surface area (Å²) in [6.07, 6.45) is 1.06. The van der Waals surface area contributed by atoms with Crippen molar-refractivity contribution in [3.8, 4) is 0 Å². The lowest BCUT2D eigenvalue weighted by molar-refractivity contribution is -0.155. The molecule has 1 aliphatic heterocycles. The third-order valence-corrected chi connectivity index (χ3v) is 4.60. The molecule has 1 heterocycles. The van der Waals surface area contributed by atoms with Crippen molar-refractivity contribution in [2.24, 2.45) is 5.41 Å². The molecule has 0 spiro atoms. The first-order valence-corrected chi connectivity index (χ1v) is 8.53. The zero-order chi connectivity index (χ0) is 18.6. The second kappa shape index (κ2) is 7.64. The number of esters is 2. The summed E-state index contributed by atoms with van der Waals surface area (Å²) >= 11 is 0. The summed E-state index contributed by atoms with van der Waals surface area (Å²) in [7, 11) is 0. The number of carbonyl (C=O) groups is 3. The first-order valence-electron chi connectivity index (χ1n) is 8.53. The highest BCUT2D eigenvalue weighted by atomic mass is 16.6. The smallest absolute Gasteiger partial charge is 0.343 e. The fourth-order valence-electron chi connectivity index (χ4n) is 2.68. The van der Waals surface area contributed by atoms with Crippen LogP contribution in [0.3, 0.4) is 0 Å². The summed E-state index contributed by atoms with van der Waals surface area (Å²) in [5.41, 5.74) is -0.618. The van der Waals surface area contributed by atoms with Gasteiger partial charge in [0, 0.05) is 11.0 Å². The lowest BCUT2D eigenvalue weighted by atomic mass is 9.74. The van der Waals surface area contributed by atoms with Gasteiger partial charge in [0.2, 0.25) is 5.78 Å². The molecule has 5 heteroatoms. The van der Waals surface area contributed by atoms with E-state index < -0.39 is 29.2 Å². The number of unbranched alkanes of at least 4 members (excludes halogenated alkanes) is 1. The van der Waals surface area contributed by atoms with Gasteiger partial charge in [0.25, 0.3) is 0 Å². The SMILES string of the molecule is CCCCOC(=O)C1=C(C(=O)c2ccccc2)C(=O)OC(C)C1(C)C. The van der Waals surface area contributed by atoms with Crippen LogP contribution in [-0.4, -0.2) is 30.4 Å². The minimum absolute atomic E-state index is 0.0983. The number of hydrogen-bond donors (Lipinski definition) is 0. The number of ketones is 1. The summed E-state index contributed by atoms with van der Waals surface area (Å²) < 4.78 is 10.7. The average Bonchev–Trinajstić information content (AvgIpc) is 2.58. The average molecular weight is 344 g/mol. The summed E-state index contributed by atoms with van der Waals surface area (Å²) in [6, 6.07) is 8.39. The van der Waals surface area contributed by atoms with Gasteiger partial charge in [-0.1, -0.05) is 57.5 Å². The Balaban J connectivity index is 2.53. The van der Waals surface area contributed by atoms with E-state index in [0.29, 0.717) is 5.56 Å². The lowest BCUT2D eigenvalue weighted by Gasteiger charge is -2.37. The van der Waals surface area contributed by atoms with E-state index in [1.54, 1.807) is 51.1 Å². The Kier molecular flexibility index (Phi) is 5.77. The van der Waals surface area contributed by atoms with Gasteiger partial charge in [-0.3, -0.25) is 4.79 Å². The van der Waals surface area contributed by atoms with E-state index in [-0.39, 0.29) is 17.8 Å². The molecule has 0 radical (unpaired) electrons. The number of rotatable bonds is 6. The van der Waals surface area contributed by atoms with Crippen LogP contribution in [0.2, 0.25) is 0 Å². The quantitative estimate of drug-likeness (QED) is 0.342. The van der Waals surface area contributed by atoms with Gasteiger partial charge in [-0.15, -0.1) is 0 Å². The van der Waals surface area contributed by atoms with Gasteiger partial charge in [-0.25, -0.2) is 9.59 Å². The fourth-order valence-corrected chi connectivity index (χ4v) is 2.68. The van der Waals surface area contributed by atoms with Crippen LogP contribution in [0.4, 0.5) is 0 Å². The normalized spacial score (nSPS) is 19.4. The van der Waals surface area contributed by atoms with Crippen molar-refractivity contribution in [1.82, 2.24) is 0 Å². The first kappa shape index (κ1) is 18.9. The molecule has 1 aliphatic rings. The van der Waals surface area contributed by atoms with Crippen molar-refractivity contribution in [3.63, 3.8) is 0 Å². The molecule has 0 aliphatic carbocycles. The molecule has 0 saturated carbocycles. The molecule has 2 rings (SSSR count). The first-order chi connectivity index (χ1) is 11.8. The van der Waals surface area contributed by atoms with Gasteiger partial charge in [-0.05, 0) is 13.3 Å². The van der Waals surface area contributed by atoms with Gasteiger partial charge in [0.05, 0.1) is 12.2 Å². The third kappa shape index (κ3) is 3.81. The minimum Gasteiger partial charge on any atom is -0.462 e. The van der Waals surface area contributed by atoms with E-state index in [2.05, 4.69) is 0 Å². The van der Waals surface area contributed by atoms with Gasteiger partial charge in [-0.2, -0.15) is 0 Å². The Labute approximate surface area is 148 Å².